The SMILES string of the molecule is C[C@@H]1CNC[C@H]1C(=O)N(C)CC1CCCCC1. The van der Waals surface area contributed by atoms with Crippen molar-refractivity contribution in [2.24, 2.45) is 17.8 Å². The van der Waals surface area contributed by atoms with Crippen molar-refractivity contribution in [3.63, 3.8) is 0 Å². The molecule has 0 aromatic carbocycles. The van der Waals surface area contributed by atoms with E-state index in [0.29, 0.717) is 11.8 Å². The van der Waals surface area contributed by atoms with E-state index in [1.807, 2.05) is 11.9 Å². The van der Waals surface area contributed by atoms with Crippen LogP contribution < -0.4 is 5.32 Å². The van der Waals surface area contributed by atoms with Crippen LogP contribution in [0.15, 0.2) is 0 Å². The van der Waals surface area contributed by atoms with Crippen molar-refractivity contribution < 1.29 is 4.79 Å². The fourth-order valence-electron chi connectivity index (χ4n) is 3.27. The van der Waals surface area contributed by atoms with Gasteiger partial charge in [-0.05, 0) is 31.2 Å². The first-order chi connectivity index (χ1) is 8.18. The first kappa shape index (κ1) is 12.9. The Labute approximate surface area is 105 Å². The summed E-state index contributed by atoms with van der Waals surface area (Å²) >= 11 is 0. The van der Waals surface area contributed by atoms with Crippen molar-refractivity contribution in [1.82, 2.24) is 10.2 Å². The molecule has 2 rings (SSSR count). The van der Waals surface area contributed by atoms with Gasteiger partial charge in [-0.1, -0.05) is 26.2 Å². The minimum Gasteiger partial charge on any atom is -0.345 e. The molecule has 1 saturated carbocycles. The summed E-state index contributed by atoms with van der Waals surface area (Å²) in [5.41, 5.74) is 0. The van der Waals surface area contributed by atoms with Gasteiger partial charge in [0.1, 0.15) is 0 Å². The predicted octanol–water partition coefficient (Wildman–Crippen LogP) is 1.88. The maximum Gasteiger partial charge on any atom is 0.227 e. The predicted molar refractivity (Wildman–Crippen MR) is 69.7 cm³/mol. The second-order valence-electron chi connectivity index (χ2n) is 5.96. The van der Waals surface area contributed by atoms with E-state index in [1.165, 1.54) is 32.1 Å². The molecule has 1 aliphatic carbocycles. The number of carbonyl (C=O) groups is 1. The molecular formula is C14H26N2O. The van der Waals surface area contributed by atoms with E-state index in [2.05, 4.69) is 12.2 Å². The van der Waals surface area contributed by atoms with Crippen molar-refractivity contribution in [1.29, 1.82) is 0 Å². The Morgan fingerprint density at radius 2 is 1.94 bits per heavy atom. The summed E-state index contributed by atoms with van der Waals surface area (Å²) in [6, 6.07) is 0. The topological polar surface area (TPSA) is 32.3 Å². The lowest BCUT2D eigenvalue weighted by Gasteiger charge is -2.29. The molecular weight excluding hydrogens is 212 g/mol. The normalized spacial score (nSPS) is 30.5. The van der Waals surface area contributed by atoms with Crippen LogP contribution in [-0.2, 0) is 4.79 Å². The minimum atomic E-state index is 0.212. The molecule has 1 aliphatic heterocycles. The quantitative estimate of drug-likeness (QED) is 0.814. The van der Waals surface area contributed by atoms with Crippen LogP contribution in [-0.4, -0.2) is 37.5 Å². The van der Waals surface area contributed by atoms with E-state index in [0.717, 1.165) is 25.6 Å². The molecule has 0 aromatic heterocycles. The van der Waals surface area contributed by atoms with Gasteiger partial charge in [0.05, 0.1) is 5.92 Å². The highest BCUT2D eigenvalue weighted by molar-refractivity contribution is 5.79. The highest BCUT2D eigenvalue weighted by Crippen LogP contribution is 2.25. The second kappa shape index (κ2) is 5.85. The van der Waals surface area contributed by atoms with E-state index in [-0.39, 0.29) is 5.92 Å². The molecule has 1 heterocycles. The van der Waals surface area contributed by atoms with Crippen LogP contribution in [0.4, 0.5) is 0 Å². The molecule has 0 spiro atoms. The molecule has 1 N–H and O–H groups in total. The number of carbonyl (C=O) groups excluding carboxylic acids is 1. The van der Waals surface area contributed by atoms with Crippen molar-refractivity contribution >= 4 is 5.91 Å². The van der Waals surface area contributed by atoms with Crippen LogP contribution in [0.5, 0.6) is 0 Å². The van der Waals surface area contributed by atoms with Crippen molar-refractivity contribution in [2.45, 2.75) is 39.0 Å². The fourth-order valence-corrected chi connectivity index (χ4v) is 3.27. The average molecular weight is 238 g/mol. The first-order valence-electron chi connectivity index (χ1n) is 7.14. The number of rotatable bonds is 3. The van der Waals surface area contributed by atoms with Gasteiger partial charge in [0.2, 0.25) is 5.91 Å². The molecule has 1 saturated heterocycles. The molecule has 2 atom stereocenters. The van der Waals surface area contributed by atoms with Crippen LogP contribution >= 0.6 is 0 Å². The molecule has 0 aromatic rings. The molecule has 0 bridgehead atoms. The summed E-state index contributed by atoms with van der Waals surface area (Å²) in [6.45, 7) is 5.02. The highest BCUT2D eigenvalue weighted by atomic mass is 16.2. The van der Waals surface area contributed by atoms with E-state index < -0.39 is 0 Å². The Morgan fingerprint density at radius 1 is 1.24 bits per heavy atom. The van der Waals surface area contributed by atoms with Gasteiger partial charge in [0, 0.05) is 20.1 Å². The summed E-state index contributed by atoms with van der Waals surface area (Å²) in [7, 11) is 1.99. The van der Waals surface area contributed by atoms with Crippen LogP contribution in [0.1, 0.15) is 39.0 Å². The zero-order chi connectivity index (χ0) is 12.3. The third-order valence-electron chi connectivity index (χ3n) is 4.47. The van der Waals surface area contributed by atoms with E-state index in [1.54, 1.807) is 0 Å². The summed E-state index contributed by atoms with van der Waals surface area (Å²) in [5.74, 6) is 1.82. The van der Waals surface area contributed by atoms with E-state index in [9.17, 15) is 4.79 Å². The van der Waals surface area contributed by atoms with Crippen LogP contribution in [0.2, 0.25) is 0 Å². The summed E-state index contributed by atoms with van der Waals surface area (Å²) in [4.78, 5) is 14.3. The molecule has 17 heavy (non-hydrogen) atoms. The molecule has 2 fully saturated rings. The zero-order valence-corrected chi connectivity index (χ0v) is 11.2. The molecule has 0 unspecified atom stereocenters. The lowest BCUT2D eigenvalue weighted by Crippen LogP contribution is -2.39. The second-order valence-corrected chi connectivity index (χ2v) is 5.96. The Balaban J connectivity index is 1.81. The average Bonchev–Trinajstić information content (AvgIpc) is 2.76. The van der Waals surface area contributed by atoms with E-state index in [4.69, 9.17) is 0 Å². The third-order valence-corrected chi connectivity index (χ3v) is 4.47. The van der Waals surface area contributed by atoms with Crippen molar-refractivity contribution in [3.8, 4) is 0 Å². The van der Waals surface area contributed by atoms with Crippen LogP contribution in [0.25, 0.3) is 0 Å². The first-order valence-corrected chi connectivity index (χ1v) is 7.14. The smallest absolute Gasteiger partial charge is 0.227 e. The van der Waals surface area contributed by atoms with Gasteiger partial charge in [-0.3, -0.25) is 4.79 Å². The van der Waals surface area contributed by atoms with Gasteiger partial charge in [-0.2, -0.15) is 0 Å². The monoisotopic (exact) mass is 238 g/mol. The number of hydrogen-bond donors (Lipinski definition) is 1. The maximum absolute atomic E-state index is 12.3. The lowest BCUT2D eigenvalue weighted by molar-refractivity contribution is -0.135. The van der Waals surface area contributed by atoms with Gasteiger partial charge in [-0.25, -0.2) is 0 Å². The highest BCUT2D eigenvalue weighted by Gasteiger charge is 2.32. The molecule has 98 valence electrons. The fraction of sp³-hybridized carbons (Fsp3) is 0.929. The van der Waals surface area contributed by atoms with Gasteiger partial charge in [-0.15, -0.1) is 0 Å². The number of nitrogens with zero attached hydrogens (tertiary/aromatic N) is 1. The minimum absolute atomic E-state index is 0.212. The van der Waals surface area contributed by atoms with Gasteiger partial charge in [0.25, 0.3) is 0 Å². The zero-order valence-electron chi connectivity index (χ0n) is 11.2. The van der Waals surface area contributed by atoms with Gasteiger partial charge < -0.3 is 10.2 Å². The molecule has 1 amide bonds. The van der Waals surface area contributed by atoms with Crippen molar-refractivity contribution in [3.05, 3.63) is 0 Å². The van der Waals surface area contributed by atoms with Crippen LogP contribution in [0.3, 0.4) is 0 Å². The van der Waals surface area contributed by atoms with Gasteiger partial charge >= 0.3 is 0 Å². The Kier molecular flexibility index (Phi) is 4.43. The van der Waals surface area contributed by atoms with E-state index >= 15 is 0 Å². The van der Waals surface area contributed by atoms with Crippen LogP contribution in [0, 0.1) is 17.8 Å². The third kappa shape index (κ3) is 3.21. The Bertz CT molecular complexity index is 261. The molecule has 0 radical (unpaired) electrons. The Morgan fingerprint density at radius 3 is 2.53 bits per heavy atom. The Hall–Kier alpha value is -0.570. The standard InChI is InChI=1S/C14H26N2O/c1-11-8-15-9-13(11)14(17)16(2)10-12-6-4-3-5-7-12/h11-13,15H,3-10H2,1-2H3/t11-,13-/m1/s1. The largest absolute Gasteiger partial charge is 0.345 e. The van der Waals surface area contributed by atoms with Crippen molar-refractivity contribution in [2.75, 3.05) is 26.7 Å². The maximum atomic E-state index is 12.3. The number of amides is 1. The number of hydrogen-bond acceptors (Lipinski definition) is 2. The molecule has 3 heteroatoms. The summed E-state index contributed by atoms with van der Waals surface area (Å²) in [5, 5.41) is 3.31. The summed E-state index contributed by atoms with van der Waals surface area (Å²) < 4.78 is 0. The molecule has 2 aliphatic rings. The summed E-state index contributed by atoms with van der Waals surface area (Å²) in [6.07, 6.45) is 6.73. The lowest BCUT2D eigenvalue weighted by atomic mass is 9.88. The van der Waals surface area contributed by atoms with Gasteiger partial charge in [0.15, 0.2) is 0 Å². The number of nitrogens with one attached hydrogen (secondary N) is 1. The molecule has 3 nitrogen and oxygen atoms in total.